The molecule has 1 amide bonds. The van der Waals surface area contributed by atoms with Gasteiger partial charge in [-0.15, -0.1) is 0 Å². The van der Waals surface area contributed by atoms with Gasteiger partial charge in [-0.2, -0.15) is 0 Å². The van der Waals surface area contributed by atoms with Gasteiger partial charge in [0.05, 0.1) is 6.54 Å². The van der Waals surface area contributed by atoms with E-state index in [0.29, 0.717) is 31.6 Å². The van der Waals surface area contributed by atoms with Crippen LogP contribution in [0.15, 0.2) is 54.6 Å². The Morgan fingerprint density at radius 3 is 2.58 bits per heavy atom. The number of amides is 1. The largest absolute Gasteiger partial charge is 0.491 e. The van der Waals surface area contributed by atoms with Gasteiger partial charge in [0.2, 0.25) is 5.91 Å². The van der Waals surface area contributed by atoms with Gasteiger partial charge in [0.25, 0.3) is 0 Å². The van der Waals surface area contributed by atoms with Crippen molar-refractivity contribution in [1.82, 2.24) is 4.90 Å². The smallest absolute Gasteiger partial charge is 0.238 e. The number of benzene rings is 2. The van der Waals surface area contributed by atoms with E-state index >= 15 is 0 Å². The SMILES string of the molecule is O=C(CN1CCC(O)(COc2ccccc2)CC1)Nc1cccc(F)c1. The van der Waals surface area contributed by atoms with E-state index in [1.165, 1.54) is 12.1 Å². The number of nitrogens with one attached hydrogen (secondary N) is 1. The molecule has 2 aromatic carbocycles. The summed E-state index contributed by atoms with van der Waals surface area (Å²) in [5.41, 5.74) is -0.439. The van der Waals surface area contributed by atoms with Crippen LogP contribution in [0.3, 0.4) is 0 Å². The number of nitrogens with zero attached hydrogens (tertiary/aromatic N) is 1. The Kier molecular flexibility index (Phi) is 5.85. The predicted molar refractivity (Wildman–Crippen MR) is 97.6 cm³/mol. The molecule has 1 aliphatic rings. The first kappa shape index (κ1) is 18.4. The van der Waals surface area contributed by atoms with Crippen molar-refractivity contribution in [3.8, 4) is 5.75 Å². The molecule has 6 heteroatoms. The number of piperidine rings is 1. The maximum absolute atomic E-state index is 13.2. The molecule has 0 atom stereocenters. The minimum atomic E-state index is -0.884. The second kappa shape index (κ2) is 8.29. The third kappa shape index (κ3) is 5.28. The van der Waals surface area contributed by atoms with Gasteiger partial charge in [-0.1, -0.05) is 24.3 Å². The molecular weight excluding hydrogens is 335 g/mol. The zero-order chi connectivity index (χ0) is 18.4. The maximum Gasteiger partial charge on any atom is 0.238 e. The number of hydrogen-bond donors (Lipinski definition) is 2. The van der Waals surface area contributed by atoms with Crippen LogP contribution in [0, 0.1) is 5.82 Å². The maximum atomic E-state index is 13.2. The molecule has 0 saturated carbocycles. The monoisotopic (exact) mass is 358 g/mol. The summed E-state index contributed by atoms with van der Waals surface area (Å²) in [6.07, 6.45) is 1.07. The van der Waals surface area contributed by atoms with Crippen LogP contribution in [0.2, 0.25) is 0 Å². The van der Waals surface area contributed by atoms with Crippen molar-refractivity contribution in [2.75, 3.05) is 31.6 Å². The Balaban J connectivity index is 1.43. The van der Waals surface area contributed by atoms with Crippen molar-refractivity contribution in [3.63, 3.8) is 0 Å². The second-order valence-electron chi connectivity index (χ2n) is 6.66. The molecule has 2 N–H and O–H groups in total. The average molecular weight is 358 g/mol. The molecule has 0 unspecified atom stereocenters. The lowest BCUT2D eigenvalue weighted by molar-refractivity contribution is -0.119. The molecule has 0 bridgehead atoms. The fourth-order valence-electron chi connectivity index (χ4n) is 2.98. The molecule has 138 valence electrons. The highest BCUT2D eigenvalue weighted by atomic mass is 19.1. The van der Waals surface area contributed by atoms with Crippen molar-refractivity contribution in [2.45, 2.75) is 18.4 Å². The van der Waals surface area contributed by atoms with Gasteiger partial charge in [0.1, 0.15) is 23.8 Å². The highest BCUT2D eigenvalue weighted by Gasteiger charge is 2.33. The Bertz CT molecular complexity index is 731. The Labute approximate surface area is 152 Å². The van der Waals surface area contributed by atoms with Crippen LogP contribution in [0.25, 0.3) is 0 Å². The van der Waals surface area contributed by atoms with Crippen molar-refractivity contribution in [3.05, 3.63) is 60.4 Å². The number of para-hydroxylation sites is 1. The van der Waals surface area contributed by atoms with E-state index < -0.39 is 5.60 Å². The topological polar surface area (TPSA) is 61.8 Å². The van der Waals surface area contributed by atoms with E-state index in [4.69, 9.17) is 4.74 Å². The van der Waals surface area contributed by atoms with Gasteiger partial charge in [-0.05, 0) is 43.2 Å². The Morgan fingerprint density at radius 2 is 1.88 bits per heavy atom. The molecule has 0 spiro atoms. The first-order chi connectivity index (χ1) is 12.5. The average Bonchev–Trinajstić information content (AvgIpc) is 2.63. The fraction of sp³-hybridized carbons (Fsp3) is 0.350. The standard InChI is InChI=1S/C20H23FN2O3/c21-16-5-4-6-17(13-16)22-19(24)14-23-11-9-20(25,10-12-23)15-26-18-7-2-1-3-8-18/h1-8,13,25H,9-12,14-15H2,(H,22,24). The molecule has 1 fully saturated rings. The first-order valence-corrected chi connectivity index (χ1v) is 8.70. The van der Waals surface area contributed by atoms with E-state index in [1.54, 1.807) is 12.1 Å². The van der Waals surface area contributed by atoms with Crippen LogP contribution in [-0.4, -0.2) is 47.8 Å². The molecule has 0 aromatic heterocycles. The first-order valence-electron chi connectivity index (χ1n) is 8.70. The van der Waals surface area contributed by atoms with Crippen molar-refractivity contribution >= 4 is 11.6 Å². The summed E-state index contributed by atoms with van der Waals surface area (Å²) in [7, 11) is 0. The highest BCUT2D eigenvalue weighted by molar-refractivity contribution is 5.92. The van der Waals surface area contributed by atoms with Gasteiger partial charge in [-0.3, -0.25) is 9.69 Å². The predicted octanol–water partition coefficient (Wildman–Crippen LogP) is 2.67. The van der Waals surface area contributed by atoms with Crippen molar-refractivity contribution < 1.29 is 19.0 Å². The molecule has 1 aliphatic heterocycles. The van der Waals surface area contributed by atoms with Crippen molar-refractivity contribution in [2.24, 2.45) is 0 Å². The molecule has 5 nitrogen and oxygen atoms in total. The molecule has 1 heterocycles. The summed E-state index contributed by atoms with van der Waals surface area (Å²) in [6.45, 7) is 1.66. The molecule has 0 radical (unpaired) electrons. The molecule has 26 heavy (non-hydrogen) atoms. The lowest BCUT2D eigenvalue weighted by Gasteiger charge is -2.37. The third-order valence-corrected chi connectivity index (χ3v) is 4.51. The van der Waals surface area contributed by atoms with E-state index in [-0.39, 0.29) is 24.9 Å². The third-order valence-electron chi connectivity index (χ3n) is 4.51. The summed E-state index contributed by atoms with van der Waals surface area (Å²) in [5, 5.41) is 13.3. The zero-order valence-electron chi connectivity index (χ0n) is 14.5. The quantitative estimate of drug-likeness (QED) is 0.833. The number of carbonyl (C=O) groups is 1. The van der Waals surface area contributed by atoms with Gasteiger partial charge in [-0.25, -0.2) is 4.39 Å². The molecular formula is C20H23FN2O3. The van der Waals surface area contributed by atoms with E-state index in [1.807, 2.05) is 35.2 Å². The van der Waals surface area contributed by atoms with E-state index in [0.717, 1.165) is 5.75 Å². The number of ether oxygens (including phenoxy) is 1. The second-order valence-corrected chi connectivity index (χ2v) is 6.66. The molecule has 1 saturated heterocycles. The summed E-state index contributed by atoms with van der Waals surface area (Å²) >= 11 is 0. The van der Waals surface area contributed by atoms with Crippen LogP contribution >= 0.6 is 0 Å². The van der Waals surface area contributed by atoms with E-state index in [2.05, 4.69) is 5.32 Å². The van der Waals surface area contributed by atoms with Crippen LogP contribution in [0.1, 0.15) is 12.8 Å². The number of likely N-dealkylation sites (tertiary alicyclic amines) is 1. The molecule has 3 rings (SSSR count). The highest BCUT2D eigenvalue weighted by Crippen LogP contribution is 2.23. The Morgan fingerprint density at radius 1 is 1.15 bits per heavy atom. The number of anilines is 1. The lowest BCUT2D eigenvalue weighted by atomic mass is 9.92. The number of carbonyl (C=O) groups excluding carboxylic acids is 1. The van der Waals surface area contributed by atoms with Crippen LogP contribution in [0.5, 0.6) is 5.75 Å². The fourth-order valence-corrected chi connectivity index (χ4v) is 2.98. The summed E-state index contributed by atoms with van der Waals surface area (Å²) < 4.78 is 18.8. The lowest BCUT2D eigenvalue weighted by Crippen LogP contribution is -2.49. The minimum absolute atomic E-state index is 0.193. The normalized spacial score (nSPS) is 16.8. The number of hydrogen-bond acceptors (Lipinski definition) is 4. The summed E-state index contributed by atoms with van der Waals surface area (Å²) in [6, 6.07) is 15.2. The summed E-state index contributed by atoms with van der Waals surface area (Å²) in [4.78, 5) is 14.1. The van der Waals surface area contributed by atoms with Crippen molar-refractivity contribution in [1.29, 1.82) is 0 Å². The minimum Gasteiger partial charge on any atom is -0.491 e. The molecule has 0 aliphatic carbocycles. The number of halogens is 1. The zero-order valence-corrected chi connectivity index (χ0v) is 14.5. The van der Waals surface area contributed by atoms with Gasteiger partial charge in [0, 0.05) is 18.8 Å². The Hall–Kier alpha value is -2.44. The van der Waals surface area contributed by atoms with Crippen LogP contribution < -0.4 is 10.1 Å². The van der Waals surface area contributed by atoms with E-state index in [9.17, 15) is 14.3 Å². The number of aliphatic hydroxyl groups is 1. The van der Waals surface area contributed by atoms with Gasteiger partial charge < -0.3 is 15.2 Å². The van der Waals surface area contributed by atoms with Crippen LogP contribution in [0.4, 0.5) is 10.1 Å². The van der Waals surface area contributed by atoms with Gasteiger partial charge >= 0.3 is 0 Å². The molecule has 2 aromatic rings. The number of rotatable bonds is 6. The summed E-state index contributed by atoms with van der Waals surface area (Å²) in [5.74, 6) is 0.156. The van der Waals surface area contributed by atoms with Crippen LogP contribution in [-0.2, 0) is 4.79 Å². The van der Waals surface area contributed by atoms with Gasteiger partial charge in [0.15, 0.2) is 0 Å².